The second-order valence-electron chi connectivity index (χ2n) is 7.49. The molecular weight excluding hydrogens is 444 g/mol. The van der Waals surface area contributed by atoms with Gasteiger partial charge in [-0.25, -0.2) is 4.79 Å². The molecule has 3 N–H and O–H groups in total. The van der Waals surface area contributed by atoms with Crippen molar-refractivity contribution in [1.82, 2.24) is 0 Å². The number of esters is 1. The molecule has 0 spiro atoms. The average molecular weight is 471 g/mol. The Labute approximate surface area is 195 Å². The number of carbonyl (C=O) groups excluding carboxylic acids is 3. The third kappa shape index (κ3) is 5.43. The predicted octanol–water partition coefficient (Wildman–Crippen LogP) is 4.76. The summed E-state index contributed by atoms with van der Waals surface area (Å²) >= 11 is 0.923. The first-order valence-corrected chi connectivity index (χ1v) is 11.2. The standard InChI is InChI=1S/C24H26N2O6S/c1-5-11-30-24(29)18-15(4)20(21(25)27)33-23(18)26-22(28)17-10-9-16(32-17)12-31-19-13(2)7-6-8-14(19)3/h6-10H,5,11-12H2,1-4H3,(H2,25,27)(H,26,28). The van der Waals surface area contributed by atoms with Gasteiger partial charge in [-0.1, -0.05) is 25.1 Å². The summed E-state index contributed by atoms with van der Waals surface area (Å²) in [6.45, 7) is 7.73. The summed E-state index contributed by atoms with van der Waals surface area (Å²) in [6.07, 6.45) is 0.637. The molecule has 0 saturated heterocycles. The number of nitrogens with two attached hydrogens (primary N) is 1. The minimum Gasteiger partial charge on any atom is -0.485 e. The molecule has 3 rings (SSSR count). The number of thiophene rings is 1. The van der Waals surface area contributed by atoms with Crippen LogP contribution in [0.1, 0.15) is 66.4 Å². The number of hydrogen-bond acceptors (Lipinski definition) is 7. The molecule has 2 heterocycles. The zero-order valence-corrected chi connectivity index (χ0v) is 19.8. The van der Waals surface area contributed by atoms with E-state index in [4.69, 9.17) is 19.6 Å². The molecule has 2 amide bonds. The Morgan fingerprint density at radius 3 is 2.42 bits per heavy atom. The first kappa shape index (κ1) is 24.1. The lowest BCUT2D eigenvalue weighted by Gasteiger charge is -2.10. The first-order valence-electron chi connectivity index (χ1n) is 10.4. The molecule has 0 aliphatic heterocycles. The van der Waals surface area contributed by atoms with Crippen LogP contribution in [0.2, 0.25) is 0 Å². The third-order valence-corrected chi connectivity index (χ3v) is 6.11. The Morgan fingerprint density at radius 1 is 1.09 bits per heavy atom. The molecule has 0 fully saturated rings. The molecule has 0 unspecified atom stereocenters. The molecule has 1 aromatic carbocycles. The number of amides is 2. The van der Waals surface area contributed by atoms with Crippen molar-refractivity contribution < 1.29 is 28.3 Å². The van der Waals surface area contributed by atoms with Crippen LogP contribution in [0.3, 0.4) is 0 Å². The zero-order valence-electron chi connectivity index (χ0n) is 18.9. The molecule has 0 atom stereocenters. The lowest BCUT2D eigenvalue weighted by Crippen LogP contribution is -2.15. The molecule has 0 bridgehead atoms. The summed E-state index contributed by atoms with van der Waals surface area (Å²) in [5.74, 6) is -0.624. The summed E-state index contributed by atoms with van der Waals surface area (Å²) in [7, 11) is 0. The Hall–Kier alpha value is -3.59. The van der Waals surface area contributed by atoms with E-state index in [2.05, 4.69) is 5.32 Å². The smallest absolute Gasteiger partial charge is 0.341 e. The Balaban J connectivity index is 1.76. The lowest BCUT2D eigenvalue weighted by atomic mass is 10.1. The molecule has 9 heteroatoms. The second-order valence-corrected chi connectivity index (χ2v) is 8.51. The molecule has 8 nitrogen and oxygen atoms in total. The van der Waals surface area contributed by atoms with Crippen LogP contribution in [-0.2, 0) is 11.3 Å². The predicted molar refractivity (Wildman–Crippen MR) is 125 cm³/mol. The maximum atomic E-state index is 12.8. The number of primary amides is 1. The van der Waals surface area contributed by atoms with Crippen LogP contribution in [0, 0.1) is 20.8 Å². The highest BCUT2D eigenvalue weighted by Crippen LogP contribution is 2.34. The molecule has 0 aliphatic rings. The van der Waals surface area contributed by atoms with Gasteiger partial charge in [0.25, 0.3) is 11.8 Å². The lowest BCUT2D eigenvalue weighted by molar-refractivity contribution is 0.0506. The Kier molecular flexibility index (Phi) is 7.55. The SMILES string of the molecule is CCCOC(=O)c1c(NC(=O)c2ccc(COc3c(C)cccc3C)o2)sc(C(N)=O)c1C. The molecule has 33 heavy (non-hydrogen) atoms. The zero-order chi connectivity index (χ0) is 24.1. The highest BCUT2D eigenvalue weighted by molar-refractivity contribution is 7.18. The fraction of sp³-hybridized carbons (Fsp3) is 0.292. The largest absolute Gasteiger partial charge is 0.485 e. The van der Waals surface area contributed by atoms with E-state index in [1.54, 1.807) is 13.0 Å². The van der Waals surface area contributed by atoms with Crippen LogP contribution in [0.5, 0.6) is 5.75 Å². The van der Waals surface area contributed by atoms with Crippen LogP contribution < -0.4 is 15.8 Å². The minimum atomic E-state index is -0.688. The number of rotatable bonds is 9. The number of nitrogens with one attached hydrogen (secondary N) is 1. The van der Waals surface area contributed by atoms with Crippen molar-refractivity contribution in [2.45, 2.75) is 40.7 Å². The molecule has 2 aromatic heterocycles. The van der Waals surface area contributed by atoms with Gasteiger partial charge >= 0.3 is 5.97 Å². The third-order valence-electron chi connectivity index (χ3n) is 4.89. The van der Waals surface area contributed by atoms with Crippen molar-refractivity contribution in [2.24, 2.45) is 5.73 Å². The fourth-order valence-electron chi connectivity index (χ4n) is 3.26. The van der Waals surface area contributed by atoms with Crippen molar-refractivity contribution in [3.63, 3.8) is 0 Å². The number of hydrogen-bond donors (Lipinski definition) is 2. The molecule has 0 radical (unpaired) electrons. The number of anilines is 1. The summed E-state index contributed by atoms with van der Waals surface area (Å²) in [4.78, 5) is 37.2. The number of furan rings is 1. The quantitative estimate of drug-likeness (QED) is 0.435. The molecule has 174 valence electrons. The van der Waals surface area contributed by atoms with Gasteiger partial charge in [-0.05, 0) is 56.0 Å². The van der Waals surface area contributed by atoms with Crippen LogP contribution in [0.15, 0.2) is 34.7 Å². The van der Waals surface area contributed by atoms with Crippen molar-refractivity contribution in [2.75, 3.05) is 11.9 Å². The van der Waals surface area contributed by atoms with E-state index in [1.165, 1.54) is 6.07 Å². The van der Waals surface area contributed by atoms with E-state index in [9.17, 15) is 14.4 Å². The highest BCUT2D eigenvalue weighted by Gasteiger charge is 2.26. The molecule has 0 saturated carbocycles. The van der Waals surface area contributed by atoms with Gasteiger partial charge in [0, 0.05) is 0 Å². The number of ether oxygens (including phenoxy) is 2. The monoisotopic (exact) mass is 470 g/mol. The van der Waals surface area contributed by atoms with E-state index >= 15 is 0 Å². The summed E-state index contributed by atoms with van der Waals surface area (Å²) < 4.78 is 16.7. The summed E-state index contributed by atoms with van der Waals surface area (Å²) in [5, 5.41) is 2.82. The van der Waals surface area contributed by atoms with Crippen molar-refractivity contribution in [3.05, 3.63) is 69.0 Å². The van der Waals surface area contributed by atoms with Gasteiger partial charge in [-0.15, -0.1) is 11.3 Å². The fourth-order valence-corrected chi connectivity index (χ4v) is 4.30. The van der Waals surface area contributed by atoms with E-state index in [-0.39, 0.29) is 34.4 Å². The van der Waals surface area contributed by atoms with Gasteiger partial charge < -0.3 is 24.9 Å². The van der Waals surface area contributed by atoms with Gasteiger partial charge in [0.1, 0.15) is 23.1 Å². The summed E-state index contributed by atoms with van der Waals surface area (Å²) in [5.41, 5.74) is 7.90. The number of carbonyl (C=O) groups is 3. The van der Waals surface area contributed by atoms with Crippen molar-refractivity contribution in [3.8, 4) is 5.75 Å². The minimum absolute atomic E-state index is 0.0367. The normalized spacial score (nSPS) is 10.7. The van der Waals surface area contributed by atoms with Crippen molar-refractivity contribution >= 4 is 34.1 Å². The maximum Gasteiger partial charge on any atom is 0.341 e. The Bertz CT molecular complexity index is 1170. The maximum absolute atomic E-state index is 12.8. The van der Waals surface area contributed by atoms with E-state index in [1.807, 2.05) is 39.0 Å². The van der Waals surface area contributed by atoms with Crippen LogP contribution in [0.25, 0.3) is 0 Å². The topological polar surface area (TPSA) is 121 Å². The van der Waals surface area contributed by atoms with E-state index < -0.39 is 17.8 Å². The van der Waals surface area contributed by atoms with Gasteiger partial charge in [0.2, 0.25) is 0 Å². The first-order chi connectivity index (χ1) is 15.7. The van der Waals surface area contributed by atoms with E-state index in [0.717, 1.165) is 28.2 Å². The summed E-state index contributed by atoms with van der Waals surface area (Å²) in [6, 6.07) is 9.03. The molecule has 0 aliphatic carbocycles. The second kappa shape index (κ2) is 10.4. The number of para-hydroxylation sites is 1. The number of benzene rings is 1. The Morgan fingerprint density at radius 2 is 1.79 bits per heavy atom. The van der Waals surface area contributed by atoms with Gasteiger partial charge in [0.05, 0.1) is 17.0 Å². The van der Waals surface area contributed by atoms with Gasteiger partial charge in [0.15, 0.2) is 5.76 Å². The van der Waals surface area contributed by atoms with Crippen molar-refractivity contribution in [1.29, 1.82) is 0 Å². The van der Waals surface area contributed by atoms with Crippen LogP contribution >= 0.6 is 11.3 Å². The van der Waals surface area contributed by atoms with Crippen LogP contribution in [-0.4, -0.2) is 24.4 Å². The highest BCUT2D eigenvalue weighted by atomic mass is 32.1. The number of aryl methyl sites for hydroxylation is 2. The average Bonchev–Trinajstić information content (AvgIpc) is 3.36. The van der Waals surface area contributed by atoms with Gasteiger partial charge in [-0.3, -0.25) is 9.59 Å². The van der Waals surface area contributed by atoms with Gasteiger partial charge in [-0.2, -0.15) is 0 Å². The van der Waals surface area contributed by atoms with E-state index in [0.29, 0.717) is 17.7 Å². The molecule has 3 aromatic rings. The molecular formula is C24H26N2O6S. The van der Waals surface area contributed by atoms with Crippen LogP contribution in [0.4, 0.5) is 5.00 Å².